The Bertz CT molecular complexity index is 464. The highest BCUT2D eigenvalue weighted by Gasteiger charge is 2.64. The minimum absolute atomic E-state index is 0.0207. The third-order valence-corrected chi connectivity index (χ3v) is 4.24. The van der Waals surface area contributed by atoms with E-state index in [0.717, 1.165) is 12.8 Å². The smallest absolute Gasteiger partial charge is 0.0716 e. The first kappa shape index (κ1) is 9.86. The molecule has 16 heavy (non-hydrogen) atoms. The van der Waals surface area contributed by atoms with Crippen LogP contribution in [-0.2, 0) is 10.2 Å². The van der Waals surface area contributed by atoms with Crippen molar-refractivity contribution in [3.05, 3.63) is 35.4 Å². The second kappa shape index (κ2) is 3.09. The first-order valence-corrected chi connectivity index (χ1v) is 5.79. The molecule has 1 aromatic rings. The molecule has 2 heteroatoms. The van der Waals surface area contributed by atoms with Crippen molar-refractivity contribution >= 4 is 0 Å². The summed E-state index contributed by atoms with van der Waals surface area (Å²) in [5.41, 5.74) is 2.44. The van der Waals surface area contributed by atoms with Crippen LogP contribution in [0.15, 0.2) is 24.3 Å². The molecule has 1 saturated carbocycles. The van der Waals surface area contributed by atoms with Crippen LogP contribution in [0.5, 0.6) is 0 Å². The molecular formula is C14H15NO. The quantitative estimate of drug-likeness (QED) is 0.756. The van der Waals surface area contributed by atoms with Crippen LogP contribution in [0.4, 0.5) is 0 Å². The van der Waals surface area contributed by atoms with Gasteiger partial charge in [-0.25, -0.2) is 0 Å². The van der Waals surface area contributed by atoms with Crippen LogP contribution in [0, 0.1) is 23.7 Å². The van der Waals surface area contributed by atoms with Gasteiger partial charge in [-0.3, -0.25) is 0 Å². The zero-order chi connectivity index (χ0) is 11.2. The molecule has 2 fully saturated rings. The number of rotatable bonds is 2. The Morgan fingerprint density at radius 3 is 2.38 bits per heavy atom. The SMILES string of the molecule is Cc1ccccc1C1(C2(C#N)CC2)COC1. The van der Waals surface area contributed by atoms with Crippen molar-refractivity contribution in [1.29, 1.82) is 5.26 Å². The van der Waals surface area contributed by atoms with E-state index in [-0.39, 0.29) is 10.8 Å². The molecule has 0 radical (unpaired) electrons. The lowest BCUT2D eigenvalue weighted by Gasteiger charge is -2.46. The van der Waals surface area contributed by atoms with Crippen LogP contribution in [0.2, 0.25) is 0 Å². The molecule has 1 aromatic carbocycles. The van der Waals surface area contributed by atoms with Crippen molar-refractivity contribution in [2.45, 2.75) is 25.2 Å². The van der Waals surface area contributed by atoms with Gasteiger partial charge in [0.15, 0.2) is 0 Å². The van der Waals surface area contributed by atoms with Crippen LogP contribution < -0.4 is 0 Å². The van der Waals surface area contributed by atoms with Gasteiger partial charge in [-0.2, -0.15) is 5.26 Å². The van der Waals surface area contributed by atoms with Crippen LogP contribution in [-0.4, -0.2) is 13.2 Å². The van der Waals surface area contributed by atoms with E-state index >= 15 is 0 Å². The standard InChI is InChI=1S/C14H15NO/c1-11-4-2-3-5-12(11)14(9-16-10-14)13(8-15)6-7-13/h2-5H,6-7,9-10H2,1H3. The average Bonchev–Trinajstić information content (AvgIpc) is 3.01. The largest absolute Gasteiger partial charge is 0.379 e. The molecular weight excluding hydrogens is 198 g/mol. The predicted molar refractivity (Wildman–Crippen MR) is 61.0 cm³/mol. The first-order chi connectivity index (χ1) is 7.74. The number of hydrogen-bond donors (Lipinski definition) is 0. The Labute approximate surface area is 95.8 Å². The van der Waals surface area contributed by atoms with Crippen molar-refractivity contribution in [1.82, 2.24) is 0 Å². The van der Waals surface area contributed by atoms with Gasteiger partial charge in [0.05, 0.1) is 30.1 Å². The maximum absolute atomic E-state index is 9.40. The molecule has 0 atom stereocenters. The second-order valence-corrected chi connectivity index (χ2v) is 5.08. The van der Waals surface area contributed by atoms with Crippen molar-refractivity contribution in [2.24, 2.45) is 5.41 Å². The summed E-state index contributed by atoms with van der Waals surface area (Å²) >= 11 is 0. The lowest BCUT2D eigenvalue weighted by molar-refractivity contribution is -0.0870. The van der Waals surface area contributed by atoms with Crippen LogP contribution >= 0.6 is 0 Å². The minimum Gasteiger partial charge on any atom is -0.379 e. The van der Waals surface area contributed by atoms with E-state index in [2.05, 4.69) is 37.3 Å². The molecule has 0 amide bonds. The fourth-order valence-corrected chi connectivity index (χ4v) is 2.93. The lowest BCUT2D eigenvalue weighted by atomic mass is 9.65. The number of benzene rings is 1. The third kappa shape index (κ3) is 1.04. The summed E-state index contributed by atoms with van der Waals surface area (Å²) in [5.74, 6) is 0. The molecule has 2 aliphatic rings. The predicted octanol–water partition coefficient (Wildman–Crippen LogP) is 2.57. The van der Waals surface area contributed by atoms with E-state index in [4.69, 9.17) is 4.74 Å². The van der Waals surface area contributed by atoms with Crippen molar-refractivity contribution < 1.29 is 4.74 Å². The van der Waals surface area contributed by atoms with Crippen molar-refractivity contribution in [3.63, 3.8) is 0 Å². The fraction of sp³-hybridized carbons (Fsp3) is 0.500. The van der Waals surface area contributed by atoms with Gasteiger partial charge in [0.2, 0.25) is 0 Å². The summed E-state index contributed by atoms with van der Waals surface area (Å²) in [7, 11) is 0. The van der Waals surface area contributed by atoms with Gasteiger partial charge in [-0.05, 0) is 30.9 Å². The van der Waals surface area contributed by atoms with Crippen molar-refractivity contribution in [3.8, 4) is 6.07 Å². The highest BCUT2D eigenvalue weighted by Crippen LogP contribution is 2.62. The van der Waals surface area contributed by atoms with Gasteiger partial charge in [-0.1, -0.05) is 24.3 Å². The number of ether oxygens (including phenoxy) is 1. The van der Waals surface area contributed by atoms with E-state index in [1.165, 1.54) is 11.1 Å². The van der Waals surface area contributed by atoms with Crippen molar-refractivity contribution in [2.75, 3.05) is 13.2 Å². The Morgan fingerprint density at radius 2 is 1.94 bits per heavy atom. The molecule has 1 saturated heterocycles. The van der Waals surface area contributed by atoms with Gasteiger partial charge in [0.25, 0.3) is 0 Å². The Balaban J connectivity index is 2.10. The van der Waals surface area contributed by atoms with E-state index in [1.54, 1.807) is 0 Å². The molecule has 0 N–H and O–H groups in total. The number of hydrogen-bond acceptors (Lipinski definition) is 2. The van der Waals surface area contributed by atoms with Gasteiger partial charge >= 0.3 is 0 Å². The summed E-state index contributed by atoms with van der Waals surface area (Å²) in [4.78, 5) is 0. The highest BCUT2D eigenvalue weighted by molar-refractivity contribution is 5.43. The molecule has 82 valence electrons. The summed E-state index contributed by atoms with van der Waals surface area (Å²) in [5, 5.41) is 9.40. The lowest BCUT2D eigenvalue weighted by Crippen LogP contribution is -2.53. The molecule has 0 bridgehead atoms. The second-order valence-electron chi connectivity index (χ2n) is 5.08. The van der Waals surface area contributed by atoms with Gasteiger partial charge < -0.3 is 4.74 Å². The highest BCUT2D eigenvalue weighted by atomic mass is 16.5. The normalized spacial score (nSPS) is 24.2. The zero-order valence-electron chi connectivity index (χ0n) is 9.49. The molecule has 0 unspecified atom stereocenters. The number of nitriles is 1. The Morgan fingerprint density at radius 1 is 1.25 bits per heavy atom. The van der Waals surface area contributed by atoms with E-state index in [1.807, 2.05) is 0 Å². The molecule has 0 aromatic heterocycles. The first-order valence-electron chi connectivity index (χ1n) is 5.79. The fourth-order valence-electron chi connectivity index (χ4n) is 2.93. The number of nitrogens with zero attached hydrogens (tertiary/aromatic N) is 1. The summed E-state index contributed by atoms with van der Waals surface area (Å²) in [6, 6.07) is 10.9. The van der Waals surface area contributed by atoms with Gasteiger partial charge in [0, 0.05) is 0 Å². The minimum atomic E-state index is -0.142. The van der Waals surface area contributed by atoms with E-state index in [9.17, 15) is 5.26 Å². The van der Waals surface area contributed by atoms with Gasteiger partial charge in [0.1, 0.15) is 0 Å². The average molecular weight is 213 g/mol. The zero-order valence-corrected chi connectivity index (χ0v) is 9.49. The molecule has 2 nitrogen and oxygen atoms in total. The summed E-state index contributed by atoms with van der Waals surface area (Å²) in [6.07, 6.45) is 2.06. The summed E-state index contributed by atoms with van der Waals surface area (Å²) < 4.78 is 5.42. The monoisotopic (exact) mass is 213 g/mol. The Kier molecular flexibility index (Phi) is 1.90. The topological polar surface area (TPSA) is 33.0 Å². The Hall–Kier alpha value is -1.33. The third-order valence-electron chi connectivity index (χ3n) is 4.24. The molecule has 1 aliphatic carbocycles. The van der Waals surface area contributed by atoms with E-state index in [0.29, 0.717) is 13.2 Å². The molecule has 1 heterocycles. The maximum Gasteiger partial charge on any atom is 0.0716 e. The molecule has 3 rings (SSSR count). The van der Waals surface area contributed by atoms with E-state index < -0.39 is 0 Å². The van der Waals surface area contributed by atoms with Gasteiger partial charge in [-0.15, -0.1) is 0 Å². The number of aryl methyl sites for hydroxylation is 1. The van der Waals surface area contributed by atoms with Crippen LogP contribution in [0.25, 0.3) is 0 Å². The van der Waals surface area contributed by atoms with Crippen LogP contribution in [0.1, 0.15) is 24.0 Å². The maximum atomic E-state index is 9.40. The molecule has 1 aliphatic heterocycles. The molecule has 0 spiro atoms. The van der Waals surface area contributed by atoms with Crippen LogP contribution in [0.3, 0.4) is 0 Å². The summed E-state index contributed by atoms with van der Waals surface area (Å²) in [6.45, 7) is 3.56.